The first-order chi connectivity index (χ1) is 17.1. The third kappa shape index (κ3) is 1.93. The van der Waals surface area contributed by atoms with Crippen molar-refractivity contribution in [1.82, 2.24) is 9.38 Å². The van der Waals surface area contributed by atoms with Gasteiger partial charge < -0.3 is 9.38 Å². The molecule has 0 amide bonds. The van der Waals surface area contributed by atoms with Gasteiger partial charge in [-0.25, -0.2) is 0 Å². The van der Waals surface area contributed by atoms with Crippen molar-refractivity contribution in [1.29, 1.82) is 0 Å². The molecule has 8 aromatic rings. The zero-order valence-corrected chi connectivity index (χ0v) is 19.6. The number of hydrogen-bond acceptors (Lipinski definition) is 0. The van der Waals surface area contributed by atoms with Crippen molar-refractivity contribution in [3.8, 4) is 11.1 Å². The topological polar surface area (TPSA) is 20.2 Å². The zero-order valence-electron chi connectivity index (χ0n) is 19.6. The standard InChI is InChI=1S/C33H22N2/c1-33(2)25-12-6-3-9-18(25)21-17-29-22(16-26(21)33)24-15-23-19-10-4-7-13-27(19)34-31(23)30-20-11-5-8-14-28(20)35(29)32(24)30/h3-17,34H,1-2H3. The summed E-state index contributed by atoms with van der Waals surface area (Å²) in [4.78, 5) is 3.77. The van der Waals surface area contributed by atoms with Crippen molar-refractivity contribution >= 4 is 59.9 Å². The van der Waals surface area contributed by atoms with Crippen LogP contribution in [0.4, 0.5) is 0 Å². The highest BCUT2D eigenvalue weighted by atomic mass is 14.9. The molecule has 0 atom stereocenters. The Balaban J connectivity index is 1.58. The van der Waals surface area contributed by atoms with E-state index in [0.717, 1.165) is 0 Å². The number of para-hydroxylation sites is 2. The van der Waals surface area contributed by atoms with Crippen LogP contribution in [0.1, 0.15) is 25.0 Å². The number of nitrogens with one attached hydrogen (secondary N) is 1. The average Bonchev–Trinajstić information content (AvgIpc) is 3.58. The Morgan fingerprint density at radius 1 is 0.600 bits per heavy atom. The summed E-state index contributed by atoms with van der Waals surface area (Å²) in [6, 6.07) is 33.9. The highest BCUT2D eigenvalue weighted by Gasteiger charge is 2.36. The molecule has 0 saturated heterocycles. The van der Waals surface area contributed by atoms with Crippen LogP contribution in [0.3, 0.4) is 0 Å². The maximum Gasteiger partial charge on any atom is 0.0641 e. The predicted molar refractivity (Wildman–Crippen MR) is 148 cm³/mol. The van der Waals surface area contributed by atoms with Gasteiger partial charge in [0.2, 0.25) is 0 Å². The van der Waals surface area contributed by atoms with Crippen molar-refractivity contribution in [2.24, 2.45) is 0 Å². The van der Waals surface area contributed by atoms with Crippen LogP contribution in [0, 0.1) is 0 Å². The molecule has 35 heavy (non-hydrogen) atoms. The van der Waals surface area contributed by atoms with E-state index in [0.29, 0.717) is 0 Å². The average molecular weight is 447 g/mol. The van der Waals surface area contributed by atoms with Gasteiger partial charge in [0.05, 0.1) is 22.1 Å². The number of fused-ring (bicyclic) bond motifs is 13. The lowest BCUT2D eigenvalue weighted by molar-refractivity contribution is 0.661. The lowest BCUT2D eigenvalue weighted by atomic mass is 9.82. The second-order valence-corrected chi connectivity index (χ2v) is 10.7. The largest absolute Gasteiger partial charge is 0.354 e. The molecule has 2 nitrogen and oxygen atoms in total. The fourth-order valence-electron chi connectivity index (χ4n) is 7.06. The molecule has 5 aromatic carbocycles. The maximum absolute atomic E-state index is 3.77. The second-order valence-electron chi connectivity index (χ2n) is 10.7. The SMILES string of the molecule is CC1(C)c2ccccc2-c2cc3c(cc21)c1cc2c4ccccc4[nH]c2c2c4ccccc4n3c12. The Kier molecular flexibility index (Phi) is 2.93. The molecule has 1 N–H and O–H groups in total. The molecule has 0 bridgehead atoms. The first kappa shape index (κ1) is 18.1. The molecule has 164 valence electrons. The van der Waals surface area contributed by atoms with E-state index in [2.05, 4.69) is 114 Å². The van der Waals surface area contributed by atoms with Crippen molar-refractivity contribution in [3.63, 3.8) is 0 Å². The molecule has 1 aliphatic rings. The van der Waals surface area contributed by atoms with E-state index in [1.807, 2.05) is 0 Å². The lowest BCUT2D eigenvalue weighted by Crippen LogP contribution is -2.14. The van der Waals surface area contributed by atoms with E-state index in [4.69, 9.17) is 0 Å². The molecule has 0 unspecified atom stereocenters. The number of H-pyrrole nitrogens is 1. The first-order valence-corrected chi connectivity index (χ1v) is 12.4. The Labute approximate surface area is 201 Å². The van der Waals surface area contributed by atoms with Crippen LogP contribution in [0.15, 0.2) is 91.0 Å². The van der Waals surface area contributed by atoms with E-state index in [1.165, 1.54) is 82.2 Å². The molecule has 3 heterocycles. The van der Waals surface area contributed by atoms with Crippen molar-refractivity contribution in [2.45, 2.75) is 19.3 Å². The normalized spacial score (nSPS) is 14.8. The number of rotatable bonds is 0. The lowest BCUT2D eigenvalue weighted by Gasteiger charge is -2.21. The predicted octanol–water partition coefficient (Wildman–Crippen LogP) is 8.78. The fraction of sp³-hybridized carbons (Fsp3) is 0.0909. The van der Waals surface area contributed by atoms with Gasteiger partial charge in [0.15, 0.2) is 0 Å². The van der Waals surface area contributed by atoms with Gasteiger partial charge in [-0.3, -0.25) is 0 Å². The minimum atomic E-state index is -0.00965. The number of nitrogens with zero attached hydrogens (tertiary/aromatic N) is 1. The summed E-state index contributed by atoms with van der Waals surface area (Å²) in [5, 5.41) is 7.94. The van der Waals surface area contributed by atoms with Gasteiger partial charge in [-0.1, -0.05) is 74.5 Å². The third-order valence-corrected chi connectivity index (χ3v) is 8.65. The number of benzene rings is 5. The first-order valence-electron chi connectivity index (χ1n) is 12.4. The van der Waals surface area contributed by atoms with Crippen LogP contribution in [0.5, 0.6) is 0 Å². The highest BCUT2D eigenvalue weighted by Crippen LogP contribution is 2.52. The number of aromatic nitrogens is 2. The van der Waals surface area contributed by atoms with Gasteiger partial charge >= 0.3 is 0 Å². The quantitative estimate of drug-likeness (QED) is 0.240. The Bertz CT molecular complexity index is 2190. The summed E-state index contributed by atoms with van der Waals surface area (Å²) in [7, 11) is 0. The monoisotopic (exact) mass is 446 g/mol. The molecular weight excluding hydrogens is 424 g/mol. The molecule has 0 saturated carbocycles. The Morgan fingerprint density at radius 2 is 1.37 bits per heavy atom. The molecule has 0 fully saturated rings. The molecule has 9 rings (SSSR count). The van der Waals surface area contributed by atoms with Crippen LogP contribution in [0.25, 0.3) is 71.0 Å². The van der Waals surface area contributed by atoms with Gasteiger partial charge in [-0.05, 0) is 52.6 Å². The van der Waals surface area contributed by atoms with Gasteiger partial charge in [0, 0.05) is 43.2 Å². The number of aromatic amines is 1. The van der Waals surface area contributed by atoms with E-state index in [-0.39, 0.29) is 5.41 Å². The molecular formula is C33H22N2. The molecule has 2 heteroatoms. The van der Waals surface area contributed by atoms with E-state index >= 15 is 0 Å². The summed E-state index contributed by atoms with van der Waals surface area (Å²) < 4.78 is 2.51. The molecule has 0 radical (unpaired) electrons. The van der Waals surface area contributed by atoms with Crippen LogP contribution < -0.4 is 0 Å². The Hall–Kier alpha value is -4.30. The smallest absolute Gasteiger partial charge is 0.0641 e. The molecule has 3 aromatic heterocycles. The van der Waals surface area contributed by atoms with Crippen LogP contribution in [-0.4, -0.2) is 9.38 Å². The minimum Gasteiger partial charge on any atom is -0.354 e. The summed E-state index contributed by atoms with van der Waals surface area (Å²) >= 11 is 0. The van der Waals surface area contributed by atoms with E-state index in [1.54, 1.807) is 0 Å². The minimum absolute atomic E-state index is 0.00965. The van der Waals surface area contributed by atoms with Gasteiger partial charge in [-0.15, -0.1) is 0 Å². The van der Waals surface area contributed by atoms with Crippen LogP contribution in [-0.2, 0) is 5.41 Å². The fourth-order valence-corrected chi connectivity index (χ4v) is 7.06. The molecule has 0 spiro atoms. The summed E-state index contributed by atoms with van der Waals surface area (Å²) in [6.07, 6.45) is 0. The van der Waals surface area contributed by atoms with Crippen molar-refractivity contribution in [3.05, 3.63) is 102 Å². The molecule has 0 aliphatic heterocycles. The van der Waals surface area contributed by atoms with Crippen LogP contribution >= 0.6 is 0 Å². The van der Waals surface area contributed by atoms with Crippen molar-refractivity contribution in [2.75, 3.05) is 0 Å². The second kappa shape index (κ2) is 5.67. The number of hydrogen-bond donors (Lipinski definition) is 1. The zero-order chi connectivity index (χ0) is 23.1. The Morgan fingerprint density at radius 3 is 2.29 bits per heavy atom. The molecule has 1 aliphatic carbocycles. The third-order valence-electron chi connectivity index (χ3n) is 8.65. The summed E-state index contributed by atoms with van der Waals surface area (Å²) in [5.41, 5.74) is 11.9. The van der Waals surface area contributed by atoms with Gasteiger partial charge in [0.25, 0.3) is 0 Å². The van der Waals surface area contributed by atoms with Crippen molar-refractivity contribution < 1.29 is 0 Å². The van der Waals surface area contributed by atoms with Crippen LogP contribution in [0.2, 0.25) is 0 Å². The van der Waals surface area contributed by atoms with E-state index in [9.17, 15) is 0 Å². The van der Waals surface area contributed by atoms with E-state index < -0.39 is 0 Å². The van der Waals surface area contributed by atoms with Gasteiger partial charge in [-0.2, -0.15) is 0 Å². The highest BCUT2D eigenvalue weighted by molar-refractivity contribution is 6.33. The van der Waals surface area contributed by atoms with Gasteiger partial charge in [0.1, 0.15) is 0 Å². The summed E-state index contributed by atoms with van der Waals surface area (Å²) in [5.74, 6) is 0. The maximum atomic E-state index is 3.77. The summed E-state index contributed by atoms with van der Waals surface area (Å²) in [6.45, 7) is 4.74.